The maximum absolute atomic E-state index is 11.1. The predicted octanol–water partition coefficient (Wildman–Crippen LogP) is 6.97. The number of allylic oxidation sites excluding steroid dienone is 9. The lowest BCUT2D eigenvalue weighted by Gasteiger charge is -2.31. The highest BCUT2D eigenvalue weighted by Gasteiger charge is 2.26. The minimum absolute atomic E-state index is 0.138. The first kappa shape index (κ1) is 30.0. The van der Waals surface area contributed by atoms with Crippen molar-refractivity contribution in [2.45, 2.75) is 61.3 Å². The van der Waals surface area contributed by atoms with E-state index >= 15 is 0 Å². The van der Waals surface area contributed by atoms with Crippen molar-refractivity contribution >= 4 is 17.5 Å². The van der Waals surface area contributed by atoms with Crippen LogP contribution in [-0.2, 0) is 0 Å². The van der Waals surface area contributed by atoms with Crippen LogP contribution in [0.2, 0.25) is 0 Å². The van der Waals surface area contributed by atoms with Crippen molar-refractivity contribution in [3.63, 3.8) is 0 Å². The average Bonchev–Trinajstić information content (AvgIpc) is 3.17. The Balaban J connectivity index is 0.00000121. The number of aliphatic imine (C=N–C) groups is 3. The van der Waals surface area contributed by atoms with E-state index in [2.05, 4.69) is 25.4 Å². The van der Waals surface area contributed by atoms with E-state index in [0.717, 1.165) is 28.4 Å². The van der Waals surface area contributed by atoms with Crippen LogP contribution < -0.4 is 10.2 Å². The highest BCUT2D eigenvalue weighted by atomic mass is 16.5. The molecule has 0 atom stereocenters. The van der Waals surface area contributed by atoms with E-state index in [9.17, 15) is 5.11 Å². The topological polar surface area (TPSA) is 94.7 Å². The second-order valence-electron chi connectivity index (χ2n) is 7.85. The number of pyridine rings is 1. The summed E-state index contributed by atoms with van der Waals surface area (Å²) in [5.74, 6) is 2.60. The summed E-state index contributed by atoms with van der Waals surface area (Å²) in [6.07, 6.45) is 18.1. The molecule has 2 bridgehead atoms. The minimum Gasteiger partial charge on any atom is -0.493 e. The van der Waals surface area contributed by atoms with Crippen molar-refractivity contribution in [3.05, 3.63) is 95.5 Å². The standard InChI is InChI=1S/C26H28N6O2.2C2H6/c1-4-7-19(5-2)23-16-18(3)28-24-17-32(25(23)33)31-26(30-24)29-20-8-6-9-21(11-10-20)34-22-12-14-27-15-13-22;2*1-2/h4-8,10-15,33H,9,16-17H2,1-3H3,(H,29,31);2*1-2H3/b7-4-,19-5+,25-23-,28-18?;;. The third kappa shape index (κ3) is 8.44. The Morgan fingerprint density at radius 1 is 1.11 bits per heavy atom. The van der Waals surface area contributed by atoms with Crippen LogP contribution >= 0.6 is 0 Å². The Bertz CT molecular complexity index is 1210. The molecule has 1 aromatic rings. The van der Waals surface area contributed by atoms with Gasteiger partial charge in [0.25, 0.3) is 0 Å². The molecule has 2 aliphatic heterocycles. The van der Waals surface area contributed by atoms with Gasteiger partial charge in [0.15, 0.2) is 5.84 Å². The molecule has 2 N–H and O–H groups in total. The van der Waals surface area contributed by atoms with Gasteiger partial charge in [-0.1, -0.05) is 52.0 Å². The van der Waals surface area contributed by atoms with E-state index in [1.54, 1.807) is 17.4 Å². The van der Waals surface area contributed by atoms with E-state index in [1.807, 2.05) is 103 Å². The number of guanidine groups is 1. The SMILES string of the molecule is CC.CC.C\C=C/C(=C\C)C1=C(\O)N2CC(=NC(=NC3=CC=C(Oc4ccncc4)CC=C3)N2)N=C(C)C\1. The summed E-state index contributed by atoms with van der Waals surface area (Å²) in [6.45, 7) is 14.2. The van der Waals surface area contributed by atoms with Gasteiger partial charge in [-0.3, -0.25) is 10.4 Å². The quantitative estimate of drug-likeness (QED) is 0.412. The lowest BCUT2D eigenvalue weighted by atomic mass is 9.99. The van der Waals surface area contributed by atoms with Gasteiger partial charge >= 0.3 is 0 Å². The normalized spacial score (nSPS) is 20.2. The van der Waals surface area contributed by atoms with Gasteiger partial charge in [-0.2, -0.15) is 4.99 Å². The Kier molecular flexibility index (Phi) is 12.5. The summed E-state index contributed by atoms with van der Waals surface area (Å²) in [5.41, 5.74) is 6.44. The summed E-state index contributed by atoms with van der Waals surface area (Å²) in [7, 11) is 0. The molecule has 3 heterocycles. The molecule has 1 aromatic heterocycles. The number of rotatable bonds is 5. The predicted molar refractivity (Wildman–Crippen MR) is 158 cm³/mol. The van der Waals surface area contributed by atoms with Crippen molar-refractivity contribution in [3.8, 4) is 5.75 Å². The van der Waals surface area contributed by atoms with Gasteiger partial charge in [-0.15, -0.1) is 0 Å². The highest BCUT2D eigenvalue weighted by molar-refractivity contribution is 6.06. The summed E-state index contributed by atoms with van der Waals surface area (Å²) in [5, 5.41) is 12.8. The number of aromatic nitrogens is 1. The largest absolute Gasteiger partial charge is 0.493 e. The molecule has 0 aromatic carbocycles. The fourth-order valence-electron chi connectivity index (χ4n) is 3.69. The zero-order valence-corrected chi connectivity index (χ0v) is 23.6. The molecule has 8 heteroatoms. The zero-order chi connectivity index (χ0) is 27.9. The number of ether oxygens (including phenoxy) is 1. The molecule has 202 valence electrons. The molecule has 0 saturated heterocycles. The first-order valence-electron chi connectivity index (χ1n) is 13.2. The number of hydrogen-bond donors (Lipinski definition) is 2. The summed E-state index contributed by atoms with van der Waals surface area (Å²) in [4.78, 5) is 17.9. The molecule has 0 spiro atoms. The van der Waals surface area contributed by atoms with Gasteiger partial charge in [0.1, 0.15) is 18.1 Å². The van der Waals surface area contributed by atoms with Gasteiger partial charge in [-0.25, -0.2) is 15.0 Å². The molecule has 0 unspecified atom stereocenters. The maximum Gasteiger partial charge on any atom is 0.244 e. The molecule has 3 aliphatic rings. The lowest BCUT2D eigenvalue weighted by Crippen LogP contribution is -2.49. The zero-order valence-electron chi connectivity index (χ0n) is 23.6. The van der Waals surface area contributed by atoms with Crippen LogP contribution in [0.1, 0.15) is 61.3 Å². The van der Waals surface area contributed by atoms with Crippen LogP contribution in [0.15, 0.2) is 111 Å². The minimum atomic E-state index is 0.138. The Morgan fingerprint density at radius 2 is 1.84 bits per heavy atom. The molecule has 4 rings (SSSR count). The van der Waals surface area contributed by atoms with Crippen LogP contribution in [-0.4, -0.2) is 39.2 Å². The third-order valence-corrected chi connectivity index (χ3v) is 5.23. The van der Waals surface area contributed by atoms with E-state index in [1.165, 1.54) is 0 Å². The van der Waals surface area contributed by atoms with Crippen molar-refractivity contribution in [2.75, 3.05) is 6.54 Å². The number of hydrazine groups is 1. The number of amidine groups is 1. The summed E-state index contributed by atoms with van der Waals surface area (Å²) < 4.78 is 5.91. The van der Waals surface area contributed by atoms with E-state index in [4.69, 9.17) is 4.74 Å². The van der Waals surface area contributed by atoms with Crippen LogP contribution in [0.25, 0.3) is 0 Å². The number of nitrogens with one attached hydrogen (secondary N) is 1. The molecular weight excluding hydrogens is 476 g/mol. The van der Waals surface area contributed by atoms with E-state index in [0.29, 0.717) is 36.9 Å². The number of aliphatic hydroxyl groups is 1. The molecule has 1 aliphatic carbocycles. The van der Waals surface area contributed by atoms with Gasteiger partial charge in [0, 0.05) is 36.5 Å². The monoisotopic (exact) mass is 516 g/mol. The fourth-order valence-corrected chi connectivity index (χ4v) is 3.69. The van der Waals surface area contributed by atoms with Crippen molar-refractivity contribution in [1.29, 1.82) is 0 Å². The molecule has 0 radical (unpaired) electrons. The molecule has 8 nitrogen and oxygen atoms in total. The smallest absolute Gasteiger partial charge is 0.244 e. The molecule has 38 heavy (non-hydrogen) atoms. The van der Waals surface area contributed by atoms with Crippen LogP contribution in [0.4, 0.5) is 0 Å². The molecule has 0 amide bonds. The first-order valence-corrected chi connectivity index (χ1v) is 13.2. The van der Waals surface area contributed by atoms with Gasteiger partial charge < -0.3 is 9.84 Å². The second-order valence-corrected chi connectivity index (χ2v) is 7.85. The number of fused-ring (bicyclic) bond motifs is 2. The fraction of sp³-hybridized carbons (Fsp3) is 0.333. The summed E-state index contributed by atoms with van der Waals surface area (Å²) in [6, 6.07) is 3.63. The maximum atomic E-state index is 11.1. The molecular formula is C30H40N6O2. The van der Waals surface area contributed by atoms with E-state index in [-0.39, 0.29) is 5.88 Å². The third-order valence-electron chi connectivity index (χ3n) is 5.23. The van der Waals surface area contributed by atoms with Crippen LogP contribution in [0.5, 0.6) is 5.75 Å². The lowest BCUT2D eigenvalue weighted by molar-refractivity contribution is 0.186. The number of hydrogen-bond acceptors (Lipinski definition) is 6. The Hall–Kier alpha value is -4.20. The van der Waals surface area contributed by atoms with Crippen LogP contribution in [0.3, 0.4) is 0 Å². The Labute approximate surface area is 227 Å². The first-order chi connectivity index (χ1) is 18.6. The second kappa shape index (κ2) is 15.8. The van der Waals surface area contributed by atoms with Gasteiger partial charge in [0.05, 0.1) is 5.70 Å². The van der Waals surface area contributed by atoms with Crippen molar-refractivity contribution in [1.82, 2.24) is 15.4 Å². The molecule has 0 fully saturated rings. The van der Waals surface area contributed by atoms with Crippen molar-refractivity contribution in [2.24, 2.45) is 15.0 Å². The van der Waals surface area contributed by atoms with E-state index < -0.39 is 0 Å². The average molecular weight is 517 g/mol. The number of nitrogens with zero attached hydrogens (tertiary/aromatic N) is 5. The van der Waals surface area contributed by atoms with Gasteiger partial charge in [-0.05, 0) is 56.7 Å². The Morgan fingerprint density at radius 3 is 2.53 bits per heavy atom. The van der Waals surface area contributed by atoms with Crippen LogP contribution in [0, 0.1) is 0 Å². The molecule has 0 saturated carbocycles. The van der Waals surface area contributed by atoms with Crippen molar-refractivity contribution < 1.29 is 9.84 Å². The highest BCUT2D eigenvalue weighted by Crippen LogP contribution is 2.24. The number of aliphatic hydroxyl groups excluding tert-OH is 1. The van der Waals surface area contributed by atoms with Gasteiger partial charge in [0.2, 0.25) is 11.8 Å². The summed E-state index contributed by atoms with van der Waals surface area (Å²) >= 11 is 0.